The number of carbonyl (C=O) groups excluding carboxylic acids is 4. The molecule has 0 saturated carbocycles. The minimum absolute atomic E-state index is 0.0409. The Balaban J connectivity index is 1.60. The van der Waals surface area contributed by atoms with Crippen LogP contribution in [-0.2, 0) is 9.59 Å². The Hall–Kier alpha value is -4.06. The number of hydrogen-bond acceptors (Lipinski definition) is 6. The Kier molecular flexibility index (Phi) is 5.25. The summed E-state index contributed by atoms with van der Waals surface area (Å²) in [6.07, 6.45) is 1.58. The third-order valence-electron chi connectivity index (χ3n) is 7.61. The molecule has 6 heteroatoms. The van der Waals surface area contributed by atoms with Gasteiger partial charge in [-0.1, -0.05) is 30.8 Å². The van der Waals surface area contributed by atoms with E-state index in [2.05, 4.69) is 6.58 Å². The van der Waals surface area contributed by atoms with Crippen molar-refractivity contribution in [3.8, 4) is 11.5 Å². The second kappa shape index (κ2) is 7.98. The number of esters is 1. The van der Waals surface area contributed by atoms with Crippen LogP contribution in [0.15, 0.2) is 59.7 Å². The lowest BCUT2D eigenvalue weighted by atomic mass is 9.72. The predicted molar refractivity (Wildman–Crippen MR) is 134 cm³/mol. The summed E-state index contributed by atoms with van der Waals surface area (Å²) in [5, 5.41) is 0. The van der Waals surface area contributed by atoms with Crippen LogP contribution in [0.2, 0.25) is 0 Å². The number of carbonyl (C=O) groups is 4. The van der Waals surface area contributed by atoms with E-state index in [0.717, 1.165) is 5.56 Å². The third-order valence-corrected chi connectivity index (χ3v) is 7.61. The van der Waals surface area contributed by atoms with Gasteiger partial charge in [-0.25, -0.2) is 0 Å². The lowest BCUT2D eigenvalue weighted by Gasteiger charge is -2.34. The molecular weight excluding hydrogens is 456 g/mol. The number of hydrogen-bond donors (Lipinski definition) is 0. The highest BCUT2D eigenvalue weighted by Gasteiger charge is 2.57. The highest BCUT2D eigenvalue weighted by Crippen LogP contribution is 2.57. The zero-order valence-electron chi connectivity index (χ0n) is 20.9. The van der Waals surface area contributed by atoms with Crippen molar-refractivity contribution in [2.24, 2.45) is 5.92 Å². The Morgan fingerprint density at radius 2 is 1.69 bits per heavy atom. The number of allylic oxidation sites excluding steroid dienone is 3. The Bertz CT molecular complexity index is 1500. The number of rotatable bonds is 3. The first-order valence-corrected chi connectivity index (χ1v) is 11.8. The maximum atomic E-state index is 13.4. The molecule has 1 spiro atoms. The summed E-state index contributed by atoms with van der Waals surface area (Å²) in [6.45, 7) is 12.8. The van der Waals surface area contributed by atoms with Gasteiger partial charge in [-0.15, -0.1) is 0 Å². The van der Waals surface area contributed by atoms with Gasteiger partial charge in [0.25, 0.3) is 0 Å². The molecule has 0 unspecified atom stereocenters. The van der Waals surface area contributed by atoms with Crippen molar-refractivity contribution >= 4 is 28.9 Å². The largest absolute Gasteiger partial charge is 0.477 e. The molecule has 0 fully saturated rings. The van der Waals surface area contributed by atoms with Crippen molar-refractivity contribution in [3.63, 3.8) is 0 Å². The number of benzene rings is 2. The zero-order valence-corrected chi connectivity index (χ0v) is 20.9. The van der Waals surface area contributed by atoms with Crippen LogP contribution in [0.25, 0.3) is 5.57 Å². The topological polar surface area (TPSA) is 86.7 Å². The number of aryl methyl sites for hydroxylation is 1. The maximum Gasteiger partial charge on any atom is 0.308 e. The van der Waals surface area contributed by atoms with Crippen molar-refractivity contribution < 1.29 is 28.7 Å². The van der Waals surface area contributed by atoms with E-state index < -0.39 is 17.5 Å². The minimum atomic E-state index is -1.20. The van der Waals surface area contributed by atoms with Crippen LogP contribution >= 0.6 is 0 Å². The molecule has 36 heavy (non-hydrogen) atoms. The van der Waals surface area contributed by atoms with Crippen molar-refractivity contribution in [1.29, 1.82) is 0 Å². The van der Waals surface area contributed by atoms with Crippen molar-refractivity contribution in [1.82, 2.24) is 0 Å². The van der Waals surface area contributed by atoms with E-state index in [9.17, 15) is 19.2 Å². The van der Waals surface area contributed by atoms with Crippen LogP contribution in [0.1, 0.15) is 64.6 Å². The molecule has 182 valence electrons. The fraction of sp³-hybridized carbons (Fsp3) is 0.267. The molecule has 6 nitrogen and oxygen atoms in total. The van der Waals surface area contributed by atoms with Crippen molar-refractivity contribution in [3.05, 3.63) is 87.5 Å². The van der Waals surface area contributed by atoms with Gasteiger partial charge in [-0.05, 0) is 57.4 Å². The smallest absolute Gasteiger partial charge is 0.308 e. The SMILES string of the molecule is C=C1c2c(cc(C)c(OC(C)=O)c2C)O[C@]12C(C)=CC(=O)[C@@H]2CC1=C(C)C(=O)c2ccccc2C1=O. The average Bonchev–Trinajstić information content (AvgIpc) is 3.25. The lowest BCUT2D eigenvalue weighted by molar-refractivity contribution is -0.132. The summed E-state index contributed by atoms with van der Waals surface area (Å²) in [4.78, 5) is 51.5. The molecule has 1 aliphatic heterocycles. The normalized spacial score (nSPS) is 22.6. The molecule has 0 aromatic heterocycles. The zero-order chi connectivity index (χ0) is 26.1. The molecule has 3 aliphatic rings. The molecule has 2 aromatic carbocycles. The Morgan fingerprint density at radius 1 is 1.06 bits per heavy atom. The highest BCUT2D eigenvalue weighted by molar-refractivity contribution is 6.27. The summed E-state index contributed by atoms with van der Waals surface area (Å²) >= 11 is 0. The predicted octanol–water partition coefficient (Wildman–Crippen LogP) is 5.30. The molecule has 0 N–H and O–H groups in total. The fourth-order valence-electron chi connectivity index (χ4n) is 5.85. The van der Waals surface area contributed by atoms with E-state index in [1.807, 2.05) is 20.8 Å². The number of Topliss-reactive ketones (excluding diaryl/α,β-unsaturated/α-hetero) is 2. The van der Waals surface area contributed by atoms with E-state index in [0.29, 0.717) is 56.0 Å². The standard InChI is InChI=1S/C30H26O6/c1-14-11-25-26(17(4)29(14)35-19(6)31)18(5)30(36-25)15(2)12-24(32)23(30)13-22-16(3)27(33)20-9-7-8-10-21(20)28(22)34/h7-12,23H,5,13H2,1-4,6H3/t23-,30+/m0/s1. The Labute approximate surface area is 209 Å². The molecule has 2 aliphatic carbocycles. The number of fused-ring (bicyclic) bond motifs is 2. The van der Waals surface area contributed by atoms with Gasteiger partial charge in [0.2, 0.25) is 0 Å². The molecular formula is C30H26O6. The molecule has 1 heterocycles. The monoisotopic (exact) mass is 482 g/mol. The van der Waals surface area contributed by atoms with Crippen LogP contribution in [0.5, 0.6) is 11.5 Å². The van der Waals surface area contributed by atoms with E-state index in [-0.39, 0.29) is 23.8 Å². The molecule has 2 aromatic rings. The molecule has 2 atom stereocenters. The van der Waals surface area contributed by atoms with Gasteiger partial charge in [0, 0.05) is 45.9 Å². The fourth-order valence-corrected chi connectivity index (χ4v) is 5.85. The van der Waals surface area contributed by atoms with Crippen LogP contribution in [0.3, 0.4) is 0 Å². The highest BCUT2D eigenvalue weighted by atomic mass is 16.5. The van der Waals surface area contributed by atoms with Gasteiger partial charge in [0.15, 0.2) is 23.0 Å². The molecule has 0 amide bonds. The van der Waals surface area contributed by atoms with E-state index in [1.54, 1.807) is 37.3 Å². The average molecular weight is 483 g/mol. The van der Waals surface area contributed by atoms with Gasteiger partial charge < -0.3 is 9.47 Å². The summed E-state index contributed by atoms with van der Waals surface area (Å²) in [7, 11) is 0. The van der Waals surface area contributed by atoms with Gasteiger partial charge in [0.1, 0.15) is 11.5 Å². The van der Waals surface area contributed by atoms with Gasteiger partial charge in [0.05, 0.1) is 5.92 Å². The summed E-state index contributed by atoms with van der Waals surface area (Å²) in [5.41, 5.74) is 3.54. The molecule has 0 radical (unpaired) electrons. The van der Waals surface area contributed by atoms with Crippen LogP contribution in [-0.4, -0.2) is 28.9 Å². The van der Waals surface area contributed by atoms with Crippen LogP contribution in [0, 0.1) is 19.8 Å². The first-order valence-electron chi connectivity index (χ1n) is 11.8. The summed E-state index contributed by atoms with van der Waals surface area (Å²) in [5.74, 6) is -0.878. The van der Waals surface area contributed by atoms with Crippen LogP contribution in [0.4, 0.5) is 0 Å². The third kappa shape index (κ3) is 3.10. The molecule has 0 saturated heterocycles. The second-order valence-electron chi connectivity index (χ2n) is 9.72. The molecule has 5 rings (SSSR count). The Morgan fingerprint density at radius 3 is 2.33 bits per heavy atom. The first kappa shape index (κ1) is 23.7. The minimum Gasteiger partial charge on any atom is -0.477 e. The van der Waals surface area contributed by atoms with Gasteiger partial charge in [-0.2, -0.15) is 0 Å². The summed E-state index contributed by atoms with van der Waals surface area (Å²) < 4.78 is 12.0. The van der Waals surface area contributed by atoms with E-state index >= 15 is 0 Å². The quantitative estimate of drug-likeness (QED) is 0.436. The first-order chi connectivity index (χ1) is 17.0. The van der Waals surface area contributed by atoms with Gasteiger partial charge >= 0.3 is 5.97 Å². The summed E-state index contributed by atoms with van der Waals surface area (Å²) in [6, 6.07) is 8.52. The van der Waals surface area contributed by atoms with Crippen LogP contribution < -0.4 is 9.47 Å². The molecule has 0 bridgehead atoms. The number of ether oxygens (including phenoxy) is 2. The van der Waals surface area contributed by atoms with Gasteiger partial charge in [-0.3, -0.25) is 19.2 Å². The second-order valence-corrected chi connectivity index (χ2v) is 9.72. The lowest BCUT2D eigenvalue weighted by Crippen LogP contribution is -2.43. The van der Waals surface area contributed by atoms with E-state index in [4.69, 9.17) is 9.47 Å². The van der Waals surface area contributed by atoms with E-state index in [1.165, 1.54) is 13.0 Å². The van der Waals surface area contributed by atoms with Crippen molar-refractivity contribution in [2.45, 2.75) is 46.6 Å². The number of ketones is 3. The maximum absolute atomic E-state index is 13.4. The van der Waals surface area contributed by atoms with Crippen molar-refractivity contribution in [2.75, 3.05) is 0 Å².